The number of rotatable bonds is 2. The topological polar surface area (TPSA) is 52.0 Å². The Kier molecular flexibility index (Phi) is 3.02. The van der Waals surface area contributed by atoms with Gasteiger partial charge in [-0.3, -0.25) is 0 Å². The van der Waals surface area contributed by atoms with Gasteiger partial charge in [0.1, 0.15) is 6.33 Å². The summed E-state index contributed by atoms with van der Waals surface area (Å²) in [5, 5.41) is 0. The first-order valence-corrected chi connectivity index (χ1v) is 7.04. The lowest BCUT2D eigenvalue weighted by Gasteiger charge is -2.04. The van der Waals surface area contributed by atoms with Crippen LogP contribution in [0.1, 0.15) is 5.69 Å². The molecule has 84 valence electrons. The zero-order valence-corrected chi connectivity index (χ0v) is 11.4. The SMILES string of the molecule is Cc1cn(S(=O)(=O)c2ccc(I)cc2)cn1. The van der Waals surface area contributed by atoms with Crippen molar-refractivity contribution < 1.29 is 8.42 Å². The van der Waals surface area contributed by atoms with E-state index in [9.17, 15) is 8.42 Å². The van der Waals surface area contributed by atoms with Crippen LogP contribution in [0, 0.1) is 10.5 Å². The largest absolute Gasteiger partial charge is 0.268 e. The van der Waals surface area contributed by atoms with Gasteiger partial charge in [-0.1, -0.05) is 0 Å². The highest BCUT2D eigenvalue weighted by molar-refractivity contribution is 14.1. The van der Waals surface area contributed by atoms with Crippen molar-refractivity contribution in [3.05, 3.63) is 46.1 Å². The average Bonchev–Trinajstić information content (AvgIpc) is 2.66. The van der Waals surface area contributed by atoms with Crippen LogP contribution in [0.25, 0.3) is 0 Å². The van der Waals surface area contributed by atoms with Crippen molar-refractivity contribution in [2.45, 2.75) is 11.8 Å². The summed E-state index contributed by atoms with van der Waals surface area (Å²) in [5.41, 5.74) is 0.675. The molecule has 1 aromatic heterocycles. The molecular formula is C10H9IN2O2S. The third-order valence-corrected chi connectivity index (χ3v) is 4.42. The number of aryl methyl sites for hydroxylation is 1. The van der Waals surface area contributed by atoms with Crippen LogP contribution in [0.3, 0.4) is 0 Å². The maximum absolute atomic E-state index is 12.1. The standard InChI is InChI=1S/C10H9IN2O2S/c1-8-6-13(7-12-8)16(14,15)10-4-2-9(11)3-5-10/h2-7H,1H3. The van der Waals surface area contributed by atoms with Crippen molar-refractivity contribution in [2.75, 3.05) is 0 Å². The van der Waals surface area contributed by atoms with Gasteiger partial charge in [0.15, 0.2) is 0 Å². The molecule has 0 amide bonds. The van der Waals surface area contributed by atoms with Gasteiger partial charge in [-0.05, 0) is 53.8 Å². The molecule has 0 fully saturated rings. The van der Waals surface area contributed by atoms with E-state index in [1.807, 2.05) is 0 Å². The molecule has 0 radical (unpaired) electrons. The molecular weight excluding hydrogens is 339 g/mol. The summed E-state index contributed by atoms with van der Waals surface area (Å²) in [6.45, 7) is 1.75. The van der Waals surface area contributed by atoms with Gasteiger partial charge in [-0.15, -0.1) is 0 Å². The molecule has 0 bridgehead atoms. The lowest BCUT2D eigenvalue weighted by Crippen LogP contribution is -2.10. The second kappa shape index (κ2) is 4.17. The maximum atomic E-state index is 12.1. The fourth-order valence-electron chi connectivity index (χ4n) is 1.26. The Morgan fingerprint density at radius 2 is 1.88 bits per heavy atom. The Labute approximate surface area is 108 Å². The summed E-state index contributed by atoms with van der Waals surface area (Å²) in [7, 11) is -3.48. The number of imidazole rings is 1. The Bertz CT molecular complexity index is 602. The first kappa shape index (κ1) is 11.6. The van der Waals surface area contributed by atoms with Crippen molar-refractivity contribution in [3.8, 4) is 0 Å². The number of nitrogens with zero attached hydrogens (tertiary/aromatic N) is 2. The number of aromatic nitrogens is 2. The molecule has 4 nitrogen and oxygen atoms in total. The number of hydrogen-bond donors (Lipinski definition) is 0. The van der Waals surface area contributed by atoms with Gasteiger partial charge in [0.05, 0.1) is 10.6 Å². The van der Waals surface area contributed by atoms with E-state index in [2.05, 4.69) is 27.6 Å². The van der Waals surface area contributed by atoms with E-state index >= 15 is 0 Å². The van der Waals surface area contributed by atoms with Crippen LogP contribution in [-0.4, -0.2) is 17.4 Å². The number of halogens is 1. The molecule has 0 atom stereocenters. The average molecular weight is 348 g/mol. The third kappa shape index (κ3) is 2.12. The van der Waals surface area contributed by atoms with Crippen LogP contribution in [0.5, 0.6) is 0 Å². The molecule has 0 aliphatic rings. The highest BCUT2D eigenvalue weighted by Gasteiger charge is 2.16. The minimum Gasteiger partial charge on any atom is -0.241 e. The van der Waals surface area contributed by atoms with E-state index in [-0.39, 0.29) is 4.90 Å². The van der Waals surface area contributed by atoms with Crippen LogP contribution in [0.15, 0.2) is 41.7 Å². The molecule has 2 rings (SSSR count). The van der Waals surface area contributed by atoms with Gasteiger partial charge < -0.3 is 0 Å². The smallest absolute Gasteiger partial charge is 0.241 e. The van der Waals surface area contributed by atoms with E-state index in [0.717, 1.165) is 7.54 Å². The first-order valence-electron chi connectivity index (χ1n) is 4.52. The quantitative estimate of drug-likeness (QED) is 0.781. The van der Waals surface area contributed by atoms with E-state index in [1.165, 1.54) is 12.5 Å². The molecule has 1 heterocycles. The van der Waals surface area contributed by atoms with Crippen molar-refractivity contribution >= 4 is 32.6 Å². The Balaban J connectivity index is 2.51. The summed E-state index contributed by atoms with van der Waals surface area (Å²) < 4.78 is 26.3. The van der Waals surface area contributed by atoms with Crippen LogP contribution < -0.4 is 0 Å². The lowest BCUT2D eigenvalue weighted by molar-refractivity contribution is 0.587. The Hall–Kier alpha value is -0.890. The maximum Gasteiger partial charge on any atom is 0.268 e. The van der Waals surface area contributed by atoms with Crippen LogP contribution in [0.2, 0.25) is 0 Å². The van der Waals surface area contributed by atoms with E-state index < -0.39 is 10.0 Å². The molecule has 16 heavy (non-hydrogen) atoms. The van der Waals surface area contributed by atoms with E-state index in [4.69, 9.17) is 0 Å². The van der Waals surface area contributed by atoms with Gasteiger partial charge in [0.2, 0.25) is 0 Å². The van der Waals surface area contributed by atoms with Crippen molar-refractivity contribution in [3.63, 3.8) is 0 Å². The second-order valence-corrected chi connectivity index (χ2v) is 6.39. The van der Waals surface area contributed by atoms with Gasteiger partial charge in [0, 0.05) is 9.77 Å². The van der Waals surface area contributed by atoms with Gasteiger partial charge >= 0.3 is 0 Å². The van der Waals surface area contributed by atoms with Crippen LogP contribution in [-0.2, 0) is 10.0 Å². The predicted octanol–water partition coefficient (Wildman–Crippen LogP) is 2.03. The van der Waals surface area contributed by atoms with Crippen molar-refractivity contribution in [1.29, 1.82) is 0 Å². The lowest BCUT2D eigenvalue weighted by atomic mass is 10.4. The third-order valence-electron chi connectivity index (χ3n) is 2.08. The zero-order valence-electron chi connectivity index (χ0n) is 8.46. The minimum atomic E-state index is -3.48. The molecule has 0 unspecified atom stereocenters. The van der Waals surface area contributed by atoms with E-state index in [1.54, 1.807) is 31.2 Å². The molecule has 0 N–H and O–H groups in total. The van der Waals surface area contributed by atoms with Gasteiger partial charge in [0.25, 0.3) is 10.0 Å². The monoisotopic (exact) mass is 348 g/mol. The van der Waals surface area contributed by atoms with Gasteiger partial charge in [-0.25, -0.2) is 17.4 Å². The normalized spacial score (nSPS) is 11.6. The van der Waals surface area contributed by atoms with E-state index in [0.29, 0.717) is 5.69 Å². The molecule has 0 saturated carbocycles. The fraction of sp³-hybridized carbons (Fsp3) is 0.100. The molecule has 2 aromatic rings. The molecule has 1 aromatic carbocycles. The fourth-order valence-corrected chi connectivity index (χ4v) is 2.80. The van der Waals surface area contributed by atoms with Crippen molar-refractivity contribution in [1.82, 2.24) is 8.96 Å². The van der Waals surface area contributed by atoms with Crippen molar-refractivity contribution in [2.24, 2.45) is 0 Å². The molecule has 6 heteroatoms. The zero-order chi connectivity index (χ0) is 11.8. The molecule has 0 aliphatic heterocycles. The molecule has 0 spiro atoms. The first-order chi connectivity index (χ1) is 7.50. The summed E-state index contributed by atoms with van der Waals surface area (Å²) in [5.74, 6) is 0. The molecule has 0 aliphatic carbocycles. The summed E-state index contributed by atoms with van der Waals surface area (Å²) in [6, 6.07) is 6.70. The number of hydrogen-bond acceptors (Lipinski definition) is 3. The number of benzene rings is 1. The Morgan fingerprint density at radius 3 is 2.38 bits per heavy atom. The molecule has 0 saturated heterocycles. The highest BCUT2D eigenvalue weighted by atomic mass is 127. The summed E-state index contributed by atoms with van der Waals surface area (Å²) >= 11 is 2.13. The second-order valence-electron chi connectivity index (χ2n) is 3.30. The summed E-state index contributed by atoms with van der Waals surface area (Å²) in [4.78, 5) is 4.18. The van der Waals surface area contributed by atoms with Crippen LogP contribution >= 0.6 is 22.6 Å². The van der Waals surface area contributed by atoms with Crippen LogP contribution in [0.4, 0.5) is 0 Å². The minimum absolute atomic E-state index is 0.269. The predicted molar refractivity (Wildman–Crippen MR) is 68.7 cm³/mol. The summed E-state index contributed by atoms with van der Waals surface area (Å²) in [6.07, 6.45) is 2.80. The Morgan fingerprint density at radius 1 is 1.25 bits per heavy atom. The highest BCUT2D eigenvalue weighted by Crippen LogP contribution is 2.15. The van der Waals surface area contributed by atoms with Gasteiger partial charge in [-0.2, -0.15) is 0 Å².